The molecule has 0 saturated carbocycles. The fraction of sp³-hybridized carbons (Fsp3) is 0.0376. The SMILES string of the molecule is c1ccc(Cc2ccc3c(c2)C2(c4cc5ccccc5cc4S3)c3ccccc3-c3ccccc32)cc1.c1ccc(Nc2ccc3c(c2)-c2ccccc2C32c3ccccc3Oc3ccccc32)cc1.c1ccc(Nc2ccc3c(c2)C2(c4ccccc4Oc4ccccc42)c2ccccc2-3)cc1.c1ccc(Nc2cccc3c2Sc2ccccc2C32c3ccccc3-c3c2ccc2ccccc32)cc1. The first kappa shape index (κ1) is 82.5. The fourth-order valence-corrected chi connectivity index (χ4v) is 26.7. The van der Waals surface area contributed by atoms with Gasteiger partial charge in [-0.2, -0.15) is 0 Å². The van der Waals surface area contributed by atoms with Crippen molar-refractivity contribution in [2.75, 3.05) is 16.0 Å². The second-order valence-electron chi connectivity index (χ2n) is 37.2. The smallest absolute Gasteiger partial charge is 0.132 e. The maximum absolute atomic E-state index is 6.40. The Bertz CT molecular complexity index is 8600. The van der Waals surface area contributed by atoms with E-state index >= 15 is 0 Å². The zero-order valence-electron chi connectivity index (χ0n) is 76.3. The summed E-state index contributed by atoms with van der Waals surface area (Å²) in [6.45, 7) is 0. The van der Waals surface area contributed by atoms with E-state index < -0.39 is 10.8 Å². The molecule has 4 aliphatic carbocycles. The van der Waals surface area contributed by atoms with Crippen molar-refractivity contribution in [3.63, 3.8) is 0 Å². The van der Waals surface area contributed by atoms with Crippen molar-refractivity contribution in [1.82, 2.24) is 0 Å². The summed E-state index contributed by atoms with van der Waals surface area (Å²) in [5.74, 6) is 3.68. The molecular formula is C133H89N3O2S2. The van der Waals surface area contributed by atoms with Crippen molar-refractivity contribution < 1.29 is 9.47 Å². The minimum Gasteiger partial charge on any atom is -0.457 e. The van der Waals surface area contributed by atoms with Crippen LogP contribution in [0.15, 0.2) is 529 Å². The van der Waals surface area contributed by atoms with Gasteiger partial charge in [0.25, 0.3) is 0 Å². The van der Waals surface area contributed by atoms with E-state index in [2.05, 4.69) is 513 Å². The number of hydrogen-bond acceptors (Lipinski definition) is 7. The first-order valence-electron chi connectivity index (χ1n) is 48.2. The van der Waals surface area contributed by atoms with Crippen LogP contribution in [0.25, 0.3) is 66.1 Å². The second kappa shape index (κ2) is 33.5. The van der Waals surface area contributed by atoms with Gasteiger partial charge in [-0.25, -0.2) is 0 Å². The molecule has 22 aromatic rings. The number of nitrogens with one attached hydrogen (secondary N) is 3. The molecule has 8 aliphatic rings. The fourth-order valence-electron chi connectivity index (χ4n) is 24.3. The van der Waals surface area contributed by atoms with Gasteiger partial charge in [0.1, 0.15) is 23.0 Å². The molecule has 4 spiro atoms. The minimum absolute atomic E-state index is 0.333. The van der Waals surface area contributed by atoms with E-state index in [1.54, 1.807) is 0 Å². The lowest BCUT2D eigenvalue weighted by Gasteiger charge is -2.40. The molecule has 0 fully saturated rings. The summed E-state index contributed by atoms with van der Waals surface area (Å²) in [5.41, 5.74) is 39.2. The molecule has 22 aromatic carbocycles. The number of fused-ring (bicyclic) bond motifs is 39. The summed E-state index contributed by atoms with van der Waals surface area (Å²) in [6.07, 6.45) is 0.933. The van der Waals surface area contributed by atoms with Crippen molar-refractivity contribution in [1.29, 1.82) is 0 Å². The van der Waals surface area contributed by atoms with Crippen LogP contribution in [0.3, 0.4) is 0 Å². The van der Waals surface area contributed by atoms with E-state index in [4.69, 9.17) is 9.47 Å². The average Bonchev–Trinajstić information content (AvgIpc) is 1.49. The van der Waals surface area contributed by atoms with Crippen molar-refractivity contribution in [3.8, 4) is 67.5 Å². The first-order chi connectivity index (χ1) is 69.4. The van der Waals surface area contributed by atoms with Crippen LogP contribution in [0, 0.1) is 0 Å². The van der Waals surface area contributed by atoms with E-state index in [0.717, 1.165) is 63.5 Å². The Balaban J connectivity index is 0.0000000939. The van der Waals surface area contributed by atoms with Gasteiger partial charge >= 0.3 is 0 Å². The van der Waals surface area contributed by atoms with Crippen LogP contribution in [0.1, 0.15) is 100 Å². The molecule has 0 aromatic heterocycles. The molecule has 5 nitrogen and oxygen atoms in total. The Kier molecular flexibility index (Phi) is 19.7. The molecule has 7 heteroatoms. The molecular weight excluding hydrogens is 1740 g/mol. The van der Waals surface area contributed by atoms with Crippen LogP contribution in [-0.4, -0.2) is 0 Å². The summed E-state index contributed by atoms with van der Waals surface area (Å²) < 4.78 is 12.8. The van der Waals surface area contributed by atoms with Crippen LogP contribution in [0.5, 0.6) is 23.0 Å². The van der Waals surface area contributed by atoms with Crippen molar-refractivity contribution in [2.45, 2.75) is 47.7 Å². The monoisotopic (exact) mass is 1820 g/mol. The Hall–Kier alpha value is -16.9. The van der Waals surface area contributed by atoms with Crippen LogP contribution in [-0.2, 0) is 28.1 Å². The third kappa shape index (κ3) is 12.8. The van der Waals surface area contributed by atoms with Crippen LogP contribution >= 0.6 is 23.5 Å². The van der Waals surface area contributed by atoms with Gasteiger partial charge in [-0.15, -0.1) is 0 Å². The molecule has 4 aliphatic heterocycles. The third-order valence-electron chi connectivity index (χ3n) is 29.9. The maximum atomic E-state index is 6.40. The summed E-state index contributed by atoms with van der Waals surface area (Å²) in [6, 6.07) is 184. The van der Waals surface area contributed by atoms with E-state index in [1.807, 2.05) is 35.7 Å². The Morgan fingerprint density at radius 1 is 0.186 bits per heavy atom. The third-order valence-corrected chi connectivity index (χ3v) is 32.2. The van der Waals surface area contributed by atoms with Gasteiger partial charge in [0.2, 0.25) is 0 Å². The number of hydrogen-bond donors (Lipinski definition) is 3. The predicted molar refractivity (Wildman–Crippen MR) is 577 cm³/mol. The average molecular weight is 1830 g/mol. The molecule has 4 heterocycles. The highest BCUT2D eigenvalue weighted by Gasteiger charge is 2.56. The van der Waals surface area contributed by atoms with E-state index in [1.165, 1.54) is 186 Å². The molecule has 140 heavy (non-hydrogen) atoms. The molecule has 0 bridgehead atoms. The molecule has 660 valence electrons. The Morgan fingerprint density at radius 2 is 0.564 bits per heavy atom. The summed E-state index contributed by atoms with van der Waals surface area (Å²) in [5, 5.41) is 16.1. The number of rotatable bonds is 8. The molecule has 3 N–H and O–H groups in total. The van der Waals surface area contributed by atoms with Crippen molar-refractivity contribution in [3.05, 3.63) is 610 Å². The summed E-state index contributed by atoms with van der Waals surface area (Å²) >= 11 is 3.80. The molecule has 1 atom stereocenters. The topological polar surface area (TPSA) is 54.5 Å². The van der Waals surface area contributed by atoms with Crippen LogP contribution in [0.4, 0.5) is 34.1 Å². The van der Waals surface area contributed by atoms with E-state index in [0.29, 0.717) is 0 Å². The van der Waals surface area contributed by atoms with Crippen LogP contribution < -0.4 is 25.4 Å². The lowest BCUT2D eigenvalue weighted by molar-refractivity contribution is 0.436. The second-order valence-corrected chi connectivity index (χ2v) is 39.3. The molecule has 0 saturated heterocycles. The lowest BCUT2D eigenvalue weighted by Crippen LogP contribution is -2.32. The molecule has 30 rings (SSSR count). The highest BCUT2D eigenvalue weighted by Crippen LogP contribution is 2.69. The normalized spacial score (nSPS) is 14.7. The highest BCUT2D eigenvalue weighted by molar-refractivity contribution is 8.00. The highest BCUT2D eigenvalue weighted by atomic mass is 32.2. The Labute approximate surface area is 823 Å². The van der Waals surface area contributed by atoms with E-state index in [9.17, 15) is 0 Å². The molecule has 0 amide bonds. The van der Waals surface area contributed by atoms with Crippen molar-refractivity contribution in [2.24, 2.45) is 0 Å². The quantitative estimate of drug-likeness (QED) is 0.140. The summed E-state index contributed by atoms with van der Waals surface area (Å²) in [7, 11) is 0. The number of para-hydroxylation sites is 7. The first-order valence-corrected chi connectivity index (χ1v) is 49.8. The number of ether oxygens (including phenoxy) is 2. The van der Waals surface area contributed by atoms with Crippen LogP contribution in [0.2, 0.25) is 0 Å². The number of anilines is 6. The predicted octanol–water partition coefficient (Wildman–Crippen LogP) is 34.5. The number of benzene rings is 22. The van der Waals surface area contributed by atoms with Gasteiger partial charge in [0.05, 0.1) is 27.3 Å². The van der Waals surface area contributed by atoms with Gasteiger partial charge in [0, 0.05) is 70.3 Å². The van der Waals surface area contributed by atoms with Gasteiger partial charge < -0.3 is 25.4 Å². The lowest BCUT2D eigenvalue weighted by atomic mass is 9.66. The van der Waals surface area contributed by atoms with Gasteiger partial charge in [-0.05, 0) is 266 Å². The summed E-state index contributed by atoms with van der Waals surface area (Å²) in [4.78, 5) is 5.31. The van der Waals surface area contributed by atoms with E-state index in [-0.39, 0.29) is 10.8 Å². The minimum atomic E-state index is -0.425. The zero-order chi connectivity index (χ0) is 92.5. The maximum Gasteiger partial charge on any atom is 0.132 e. The zero-order valence-corrected chi connectivity index (χ0v) is 78.0. The Morgan fingerprint density at radius 3 is 1.13 bits per heavy atom. The molecule has 1 unspecified atom stereocenters. The van der Waals surface area contributed by atoms with Gasteiger partial charge in [-0.3, -0.25) is 0 Å². The van der Waals surface area contributed by atoms with Crippen molar-refractivity contribution >= 4 is 79.2 Å². The standard InChI is InChI=1S/C36H24S.C35H23NS.2C31H21NO/c1-2-10-24(11-3-1)20-25-18-19-34-32(21-25)36(33-22-26-12-4-5-13-27(26)23-35(33)37-34)30-16-8-6-14-28(30)29-15-7-9-17-31(29)36;1-2-12-24(13-3-1)36-31-19-10-18-30-34(31)37-32-20-9-8-17-28(32)35(30)27-16-7-6-15-26(27)33-25-14-5-4-11-23(25)21-22-29(33)35;1-2-10-21(11-3-1)32-22-18-19-26-24(20-22)23-12-4-5-13-25(23)31(26)27-14-6-8-16-29(27)33-30-17-9-7-15-28(30)31;1-2-10-21(11-3-1)32-22-18-19-24-23-12-4-5-13-25(23)31(28(24)20-22)26-14-6-8-16-29(26)33-30-17-9-7-15-27(30)31/h1-19,21-23H,20H2;1-22,36H;2*1-20,32H. The largest absolute Gasteiger partial charge is 0.457 e. The van der Waals surface area contributed by atoms with Gasteiger partial charge in [-0.1, -0.05) is 418 Å². The van der Waals surface area contributed by atoms with Gasteiger partial charge in [0.15, 0.2) is 0 Å². The molecule has 0 radical (unpaired) electrons.